The van der Waals surface area contributed by atoms with E-state index < -0.39 is 0 Å². The normalized spacial score (nSPS) is 19.9. The van der Waals surface area contributed by atoms with E-state index in [0.29, 0.717) is 32.5 Å². The van der Waals surface area contributed by atoms with Gasteiger partial charge in [-0.1, -0.05) is 20.8 Å². The maximum atomic E-state index is 12.3. The molecule has 0 radical (unpaired) electrons. The van der Waals surface area contributed by atoms with Gasteiger partial charge in [-0.15, -0.1) is 0 Å². The molecule has 0 bridgehead atoms. The fourth-order valence-corrected chi connectivity index (χ4v) is 2.27. The van der Waals surface area contributed by atoms with Crippen molar-refractivity contribution in [2.45, 2.75) is 39.7 Å². The summed E-state index contributed by atoms with van der Waals surface area (Å²) in [6, 6.07) is 0. The van der Waals surface area contributed by atoms with Gasteiger partial charge in [0.05, 0.1) is 12.7 Å². The largest absolute Gasteiger partial charge is 0.374 e. The summed E-state index contributed by atoms with van der Waals surface area (Å²) < 4.78 is 5.77. The van der Waals surface area contributed by atoms with Gasteiger partial charge in [0.15, 0.2) is 0 Å². The molecule has 2 rings (SSSR count). The SMILES string of the molecule is CC(C)(C)[C@@H]1CN(C(=O)CCc2cncnc2)CCO1. The first kappa shape index (κ1) is 14.9. The maximum absolute atomic E-state index is 12.3. The Bertz CT molecular complexity index is 442. The highest BCUT2D eigenvalue weighted by atomic mass is 16.5. The van der Waals surface area contributed by atoms with Crippen LogP contribution in [0.2, 0.25) is 0 Å². The van der Waals surface area contributed by atoms with Crippen LogP contribution >= 0.6 is 0 Å². The van der Waals surface area contributed by atoms with Crippen molar-refractivity contribution in [3.05, 3.63) is 24.3 Å². The number of nitrogens with zero attached hydrogens (tertiary/aromatic N) is 3. The summed E-state index contributed by atoms with van der Waals surface area (Å²) in [5.41, 5.74) is 1.06. The molecule has 5 nitrogen and oxygen atoms in total. The zero-order valence-electron chi connectivity index (χ0n) is 12.5. The minimum atomic E-state index is 0.0617. The van der Waals surface area contributed by atoms with Gasteiger partial charge in [-0.05, 0) is 17.4 Å². The van der Waals surface area contributed by atoms with Crippen LogP contribution in [0, 0.1) is 5.41 Å². The monoisotopic (exact) mass is 277 g/mol. The summed E-state index contributed by atoms with van der Waals surface area (Å²) >= 11 is 0. The minimum absolute atomic E-state index is 0.0617. The molecule has 1 aliphatic rings. The highest BCUT2D eigenvalue weighted by molar-refractivity contribution is 5.76. The van der Waals surface area contributed by atoms with E-state index in [2.05, 4.69) is 30.7 Å². The Hall–Kier alpha value is -1.49. The Morgan fingerprint density at radius 3 is 2.75 bits per heavy atom. The minimum Gasteiger partial charge on any atom is -0.374 e. The van der Waals surface area contributed by atoms with E-state index in [1.807, 2.05) is 4.90 Å². The number of rotatable bonds is 3. The van der Waals surface area contributed by atoms with Crippen molar-refractivity contribution in [3.63, 3.8) is 0 Å². The number of ether oxygens (including phenoxy) is 1. The van der Waals surface area contributed by atoms with Crippen LogP contribution < -0.4 is 0 Å². The molecular formula is C15H23N3O2. The number of aromatic nitrogens is 2. The molecule has 0 unspecified atom stereocenters. The Kier molecular flexibility index (Phi) is 4.70. The van der Waals surface area contributed by atoms with Gasteiger partial charge < -0.3 is 9.64 Å². The molecule has 1 aliphatic heterocycles. The van der Waals surface area contributed by atoms with Crippen molar-refractivity contribution >= 4 is 5.91 Å². The van der Waals surface area contributed by atoms with Crippen LogP contribution in [0.5, 0.6) is 0 Å². The number of amides is 1. The lowest BCUT2D eigenvalue weighted by molar-refractivity contribution is -0.143. The molecule has 1 amide bonds. The summed E-state index contributed by atoms with van der Waals surface area (Å²) in [5.74, 6) is 0.186. The van der Waals surface area contributed by atoms with E-state index in [0.717, 1.165) is 5.56 Å². The van der Waals surface area contributed by atoms with E-state index in [-0.39, 0.29) is 17.4 Å². The second-order valence-electron chi connectivity index (χ2n) is 6.31. The number of aryl methyl sites for hydroxylation is 1. The summed E-state index contributed by atoms with van der Waals surface area (Å²) in [6.07, 6.45) is 6.33. The van der Waals surface area contributed by atoms with Crippen molar-refractivity contribution in [3.8, 4) is 0 Å². The third kappa shape index (κ3) is 4.00. The lowest BCUT2D eigenvalue weighted by Gasteiger charge is -2.39. The summed E-state index contributed by atoms with van der Waals surface area (Å²) in [7, 11) is 0. The Morgan fingerprint density at radius 1 is 1.40 bits per heavy atom. The second-order valence-corrected chi connectivity index (χ2v) is 6.31. The van der Waals surface area contributed by atoms with Gasteiger partial charge in [0.1, 0.15) is 6.33 Å². The highest BCUT2D eigenvalue weighted by Crippen LogP contribution is 2.25. The first-order valence-corrected chi connectivity index (χ1v) is 7.10. The second kappa shape index (κ2) is 6.31. The molecule has 1 fully saturated rings. The molecule has 5 heteroatoms. The van der Waals surface area contributed by atoms with Crippen molar-refractivity contribution in [2.24, 2.45) is 5.41 Å². The highest BCUT2D eigenvalue weighted by Gasteiger charge is 2.32. The van der Waals surface area contributed by atoms with Gasteiger partial charge in [0, 0.05) is 31.9 Å². The number of carbonyl (C=O) groups excluding carboxylic acids is 1. The molecule has 0 spiro atoms. The Morgan fingerprint density at radius 2 is 2.10 bits per heavy atom. The van der Waals surface area contributed by atoms with Gasteiger partial charge in [-0.25, -0.2) is 9.97 Å². The fraction of sp³-hybridized carbons (Fsp3) is 0.667. The van der Waals surface area contributed by atoms with E-state index in [4.69, 9.17) is 4.74 Å². The number of hydrogen-bond donors (Lipinski definition) is 0. The van der Waals surface area contributed by atoms with E-state index in [1.165, 1.54) is 6.33 Å². The molecule has 1 aromatic heterocycles. The van der Waals surface area contributed by atoms with Crippen LogP contribution in [0.1, 0.15) is 32.8 Å². The van der Waals surface area contributed by atoms with Gasteiger partial charge in [0.25, 0.3) is 0 Å². The molecule has 0 aromatic carbocycles. The Balaban J connectivity index is 1.86. The number of morpholine rings is 1. The third-order valence-corrected chi connectivity index (χ3v) is 3.63. The van der Waals surface area contributed by atoms with E-state index in [1.54, 1.807) is 12.4 Å². The van der Waals surface area contributed by atoms with Crippen LogP contribution in [0.4, 0.5) is 0 Å². The maximum Gasteiger partial charge on any atom is 0.223 e. The van der Waals surface area contributed by atoms with E-state index in [9.17, 15) is 4.79 Å². The van der Waals surface area contributed by atoms with E-state index >= 15 is 0 Å². The van der Waals surface area contributed by atoms with Crippen LogP contribution in [0.3, 0.4) is 0 Å². The fourth-order valence-electron chi connectivity index (χ4n) is 2.27. The molecular weight excluding hydrogens is 254 g/mol. The van der Waals surface area contributed by atoms with Gasteiger partial charge in [-0.3, -0.25) is 4.79 Å². The average Bonchev–Trinajstić information content (AvgIpc) is 2.45. The Labute approximate surface area is 120 Å². The average molecular weight is 277 g/mol. The van der Waals surface area contributed by atoms with Gasteiger partial charge >= 0.3 is 0 Å². The predicted molar refractivity (Wildman–Crippen MR) is 76.1 cm³/mol. The first-order chi connectivity index (χ1) is 9.47. The van der Waals surface area contributed by atoms with Crippen molar-refractivity contribution in [1.82, 2.24) is 14.9 Å². The van der Waals surface area contributed by atoms with Crippen LogP contribution in [-0.4, -0.2) is 46.6 Å². The zero-order chi connectivity index (χ0) is 14.6. The summed E-state index contributed by atoms with van der Waals surface area (Å²) in [4.78, 5) is 22.1. The zero-order valence-corrected chi connectivity index (χ0v) is 12.5. The smallest absolute Gasteiger partial charge is 0.223 e. The lowest BCUT2D eigenvalue weighted by atomic mass is 9.88. The van der Waals surface area contributed by atoms with Crippen molar-refractivity contribution < 1.29 is 9.53 Å². The summed E-state index contributed by atoms with van der Waals surface area (Å²) in [5, 5.41) is 0. The molecule has 110 valence electrons. The number of carbonyl (C=O) groups is 1. The van der Waals surface area contributed by atoms with Gasteiger partial charge in [-0.2, -0.15) is 0 Å². The molecule has 0 aliphatic carbocycles. The van der Waals surface area contributed by atoms with Crippen LogP contribution in [0.25, 0.3) is 0 Å². The predicted octanol–water partition coefficient (Wildman–Crippen LogP) is 1.68. The summed E-state index contributed by atoms with van der Waals surface area (Å²) in [6.45, 7) is 8.44. The molecule has 0 saturated carbocycles. The van der Waals surface area contributed by atoms with Crippen molar-refractivity contribution in [2.75, 3.05) is 19.7 Å². The molecule has 2 heterocycles. The van der Waals surface area contributed by atoms with Crippen LogP contribution in [0.15, 0.2) is 18.7 Å². The standard InChI is InChI=1S/C15H23N3O2/c1-15(2,3)13-10-18(6-7-20-13)14(19)5-4-12-8-16-11-17-9-12/h8-9,11,13H,4-7,10H2,1-3H3/t13-/m0/s1. The molecule has 1 atom stereocenters. The molecule has 1 saturated heterocycles. The quantitative estimate of drug-likeness (QED) is 0.843. The first-order valence-electron chi connectivity index (χ1n) is 7.10. The third-order valence-electron chi connectivity index (χ3n) is 3.63. The molecule has 0 N–H and O–H groups in total. The topological polar surface area (TPSA) is 55.3 Å². The van der Waals surface area contributed by atoms with Gasteiger partial charge in [0.2, 0.25) is 5.91 Å². The van der Waals surface area contributed by atoms with Crippen LogP contribution in [-0.2, 0) is 16.0 Å². The molecule has 1 aromatic rings. The van der Waals surface area contributed by atoms with Crippen molar-refractivity contribution in [1.29, 1.82) is 0 Å². The number of hydrogen-bond acceptors (Lipinski definition) is 4. The lowest BCUT2D eigenvalue weighted by Crippen LogP contribution is -2.50. The molecule has 20 heavy (non-hydrogen) atoms.